The van der Waals surface area contributed by atoms with Crippen molar-refractivity contribution in [2.24, 2.45) is 11.1 Å². The fourth-order valence-corrected chi connectivity index (χ4v) is 6.54. The fraction of sp³-hybridized carbons (Fsp3) is 0.242. The van der Waals surface area contributed by atoms with Crippen molar-refractivity contribution in [2.75, 3.05) is 13.7 Å². The normalized spacial score (nSPS) is 13.2. The second-order valence-corrected chi connectivity index (χ2v) is 13.4. The van der Waals surface area contributed by atoms with Gasteiger partial charge in [0.1, 0.15) is 17.4 Å². The van der Waals surface area contributed by atoms with Crippen LogP contribution in [-0.4, -0.2) is 42.9 Å². The topological polar surface area (TPSA) is 126 Å². The summed E-state index contributed by atoms with van der Waals surface area (Å²) in [6.45, 7) is 1.91. The molecule has 1 aliphatic rings. The Labute approximate surface area is 268 Å². The van der Waals surface area contributed by atoms with Gasteiger partial charge >= 0.3 is 5.97 Å². The molecule has 0 amide bonds. The third-order valence-electron chi connectivity index (χ3n) is 7.77. The van der Waals surface area contributed by atoms with E-state index in [0.717, 1.165) is 24.6 Å². The lowest BCUT2D eigenvalue weighted by Crippen LogP contribution is -2.13. The third-order valence-corrected chi connectivity index (χ3v) is 9.49. The lowest BCUT2D eigenvalue weighted by molar-refractivity contribution is 0.0520. The van der Waals surface area contributed by atoms with Crippen LogP contribution in [-0.2, 0) is 27.6 Å². The average Bonchev–Trinajstić information content (AvgIpc) is 3.60. The lowest BCUT2D eigenvalue weighted by Gasteiger charge is -2.11. The lowest BCUT2D eigenvalue weighted by atomic mass is 9.94. The third kappa shape index (κ3) is 6.57. The highest BCUT2D eigenvalue weighted by Crippen LogP contribution is 2.39. The molecule has 9 nitrogen and oxygen atoms in total. The second kappa shape index (κ2) is 12.7. The molecular formula is C33H30F2N4O5S2. The van der Waals surface area contributed by atoms with E-state index in [-0.39, 0.29) is 29.2 Å². The summed E-state index contributed by atoms with van der Waals surface area (Å²) >= 11 is 1.22. The van der Waals surface area contributed by atoms with Gasteiger partial charge in [0.25, 0.3) is 0 Å². The van der Waals surface area contributed by atoms with E-state index < -0.39 is 27.6 Å². The van der Waals surface area contributed by atoms with Crippen LogP contribution in [0.4, 0.5) is 8.78 Å². The van der Waals surface area contributed by atoms with Gasteiger partial charge in [0.2, 0.25) is 15.2 Å². The summed E-state index contributed by atoms with van der Waals surface area (Å²) in [5, 5.41) is 12.2. The van der Waals surface area contributed by atoms with Crippen LogP contribution in [0.3, 0.4) is 0 Å². The number of aromatic nitrogens is 3. The molecule has 5 aromatic rings. The van der Waals surface area contributed by atoms with Crippen molar-refractivity contribution in [3.8, 4) is 33.3 Å². The number of halogens is 2. The van der Waals surface area contributed by atoms with Gasteiger partial charge in [0.05, 0.1) is 30.0 Å². The quantitative estimate of drug-likeness (QED) is 0.164. The van der Waals surface area contributed by atoms with Crippen molar-refractivity contribution >= 4 is 27.3 Å². The van der Waals surface area contributed by atoms with Crippen LogP contribution in [0.2, 0.25) is 0 Å². The molecule has 6 rings (SSSR count). The molecule has 46 heavy (non-hydrogen) atoms. The predicted molar refractivity (Wildman–Crippen MR) is 170 cm³/mol. The summed E-state index contributed by atoms with van der Waals surface area (Å²) in [6.07, 6.45) is 2.69. The van der Waals surface area contributed by atoms with Crippen LogP contribution in [0.5, 0.6) is 5.75 Å². The molecule has 1 aliphatic carbocycles. The number of methoxy groups -OCH3 is 1. The minimum absolute atomic E-state index is 0.0517. The molecule has 2 aromatic heterocycles. The van der Waals surface area contributed by atoms with Gasteiger partial charge in [-0.05, 0) is 85.7 Å². The smallest absolute Gasteiger partial charge is 0.357 e. The van der Waals surface area contributed by atoms with E-state index >= 15 is 8.78 Å². The highest BCUT2D eigenvalue weighted by atomic mass is 32.2. The Morgan fingerprint density at radius 3 is 2.57 bits per heavy atom. The van der Waals surface area contributed by atoms with Crippen molar-refractivity contribution in [2.45, 2.75) is 37.5 Å². The molecule has 1 fully saturated rings. The number of carbonyl (C=O) groups excluding carboxylic acids is 1. The Hall–Kier alpha value is -4.46. The molecule has 0 atom stereocenters. The Kier molecular flexibility index (Phi) is 8.73. The molecule has 0 aliphatic heterocycles. The summed E-state index contributed by atoms with van der Waals surface area (Å²) < 4.78 is 66.6. The molecule has 0 unspecified atom stereocenters. The van der Waals surface area contributed by atoms with Crippen molar-refractivity contribution in [3.05, 3.63) is 100 Å². The van der Waals surface area contributed by atoms with Crippen LogP contribution in [0.15, 0.2) is 70.9 Å². The number of nitrogens with two attached hydrogens (primary N) is 1. The van der Waals surface area contributed by atoms with Gasteiger partial charge in [-0.25, -0.2) is 36.8 Å². The van der Waals surface area contributed by atoms with Gasteiger partial charge in [-0.3, -0.25) is 0 Å². The molecule has 238 valence electrons. The standard InChI is InChI=1S/C33H30F2N4O5S2/c1-3-44-32(40)29-18-45-33(37-29)39-30(13-19-7-8-19)26(15-21-9-11-24(17-28(21)35)46(36,41)42)31(38-39)22-10-12-27(34)25(16-22)20-5-4-6-23(14-20)43-2/h4-6,9-12,14,16-19H,3,7-8,13,15H2,1-2H3,(H2,36,41,42). The monoisotopic (exact) mass is 664 g/mol. The number of primary sulfonamides is 1. The van der Waals surface area contributed by atoms with Crippen LogP contribution in [0.1, 0.15) is 47.1 Å². The van der Waals surface area contributed by atoms with Crippen molar-refractivity contribution in [3.63, 3.8) is 0 Å². The van der Waals surface area contributed by atoms with Gasteiger partial charge in [-0.2, -0.15) is 5.10 Å². The van der Waals surface area contributed by atoms with Crippen molar-refractivity contribution in [1.29, 1.82) is 0 Å². The Balaban J connectivity index is 1.54. The zero-order valence-corrected chi connectivity index (χ0v) is 26.6. The van der Waals surface area contributed by atoms with E-state index in [1.165, 1.54) is 36.6 Å². The van der Waals surface area contributed by atoms with Gasteiger partial charge in [-0.15, -0.1) is 11.3 Å². The van der Waals surface area contributed by atoms with E-state index in [0.29, 0.717) is 51.2 Å². The summed E-state index contributed by atoms with van der Waals surface area (Å²) in [7, 11) is -2.57. The summed E-state index contributed by atoms with van der Waals surface area (Å²) in [5.74, 6) is -0.794. The van der Waals surface area contributed by atoms with Gasteiger partial charge in [0.15, 0.2) is 5.69 Å². The van der Waals surface area contributed by atoms with Gasteiger partial charge in [0, 0.05) is 28.5 Å². The van der Waals surface area contributed by atoms with Crippen LogP contribution < -0.4 is 9.88 Å². The highest BCUT2D eigenvalue weighted by molar-refractivity contribution is 7.89. The van der Waals surface area contributed by atoms with Crippen LogP contribution in [0, 0.1) is 17.6 Å². The first-order chi connectivity index (χ1) is 22.0. The van der Waals surface area contributed by atoms with E-state index in [4.69, 9.17) is 19.7 Å². The molecule has 2 heterocycles. The number of rotatable bonds is 11. The fourth-order valence-electron chi connectivity index (χ4n) is 5.25. The zero-order valence-electron chi connectivity index (χ0n) is 25.0. The number of thiazole rings is 1. The number of hydrogen-bond acceptors (Lipinski definition) is 8. The minimum Gasteiger partial charge on any atom is -0.497 e. The summed E-state index contributed by atoms with van der Waals surface area (Å²) in [4.78, 5) is 16.6. The molecule has 1 saturated carbocycles. The average molecular weight is 665 g/mol. The molecule has 0 bridgehead atoms. The first-order valence-electron chi connectivity index (χ1n) is 14.5. The molecular weight excluding hydrogens is 635 g/mol. The van der Waals surface area contributed by atoms with Crippen LogP contribution in [0.25, 0.3) is 27.5 Å². The predicted octanol–water partition coefficient (Wildman–Crippen LogP) is 6.32. The maximum Gasteiger partial charge on any atom is 0.357 e. The number of esters is 1. The number of sulfonamides is 1. The van der Waals surface area contributed by atoms with Crippen LogP contribution >= 0.6 is 11.3 Å². The SMILES string of the molecule is CCOC(=O)c1csc(-n2nc(-c3ccc(F)c(-c4cccc(OC)c4)c3)c(Cc3ccc(S(N)(=O)=O)cc3F)c2CC2CC2)n1. The van der Waals surface area contributed by atoms with E-state index in [2.05, 4.69) is 4.98 Å². The maximum absolute atomic E-state index is 15.4. The number of hydrogen-bond donors (Lipinski definition) is 1. The van der Waals surface area contributed by atoms with E-state index in [1.54, 1.807) is 53.4 Å². The number of benzene rings is 3. The van der Waals surface area contributed by atoms with Gasteiger partial charge < -0.3 is 9.47 Å². The number of ether oxygens (including phenoxy) is 2. The molecule has 3 aromatic carbocycles. The Morgan fingerprint density at radius 1 is 1.07 bits per heavy atom. The first-order valence-corrected chi connectivity index (χ1v) is 17.0. The van der Waals surface area contributed by atoms with E-state index in [9.17, 15) is 13.2 Å². The zero-order chi connectivity index (χ0) is 32.6. The Morgan fingerprint density at radius 2 is 1.87 bits per heavy atom. The van der Waals surface area contributed by atoms with Gasteiger partial charge in [-0.1, -0.05) is 18.2 Å². The summed E-state index contributed by atoms with van der Waals surface area (Å²) in [6, 6.07) is 15.3. The largest absolute Gasteiger partial charge is 0.497 e. The molecule has 13 heteroatoms. The number of nitrogens with zero attached hydrogens (tertiary/aromatic N) is 3. The molecule has 0 saturated heterocycles. The van der Waals surface area contributed by atoms with Crippen molar-refractivity contribution in [1.82, 2.24) is 14.8 Å². The van der Waals surface area contributed by atoms with E-state index in [1.807, 2.05) is 0 Å². The number of carbonyl (C=O) groups is 1. The Bertz CT molecular complexity index is 2050. The van der Waals surface area contributed by atoms with Crippen molar-refractivity contribution < 1.29 is 31.5 Å². The highest BCUT2D eigenvalue weighted by Gasteiger charge is 2.30. The minimum atomic E-state index is -4.11. The maximum atomic E-state index is 15.4. The molecule has 2 N–H and O–H groups in total. The summed E-state index contributed by atoms with van der Waals surface area (Å²) in [5.41, 5.74) is 3.78. The molecule has 0 spiro atoms. The first kappa shape index (κ1) is 31.5. The second-order valence-electron chi connectivity index (χ2n) is 11.0. The molecule has 0 radical (unpaired) electrons.